The van der Waals surface area contributed by atoms with Crippen LogP contribution in [0.25, 0.3) is 0 Å². The van der Waals surface area contributed by atoms with Crippen molar-refractivity contribution in [3.8, 4) is 6.07 Å². The number of alkyl halides is 2. The van der Waals surface area contributed by atoms with Crippen LogP contribution >= 0.6 is 0 Å². The molecule has 1 atom stereocenters. The van der Waals surface area contributed by atoms with E-state index in [0.29, 0.717) is 24.4 Å². The third-order valence-electron chi connectivity index (χ3n) is 3.51. The van der Waals surface area contributed by atoms with Crippen molar-refractivity contribution < 1.29 is 8.78 Å². The topological polar surface area (TPSA) is 61.8 Å². The number of rotatable bonds is 2. The lowest BCUT2D eigenvalue weighted by Gasteiger charge is -2.15. The van der Waals surface area contributed by atoms with Crippen LogP contribution in [0, 0.1) is 17.2 Å². The smallest absolute Gasteiger partial charge is 0.249 e. The molecule has 0 saturated heterocycles. The van der Waals surface area contributed by atoms with E-state index in [0.717, 1.165) is 12.8 Å². The molecule has 0 aromatic heterocycles. The van der Waals surface area contributed by atoms with Crippen LogP contribution in [-0.4, -0.2) is 24.0 Å². The number of hydrogen-bond donors (Lipinski definition) is 2. The lowest BCUT2D eigenvalue weighted by atomic mass is 10.1. The van der Waals surface area contributed by atoms with Gasteiger partial charge in [0.1, 0.15) is 0 Å². The molecule has 0 aromatic rings. The molecule has 0 heterocycles. The van der Waals surface area contributed by atoms with Crippen molar-refractivity contribution in [2.24, 2.45) is 11.7 Å². The minimum absolute atomic E-state index is 0.0190. The van der Waals surface area contributed by atoms with Gasteiger partial charge in [0, 0.05) is 30.8 Å². The molecule has 3 nitrogen and oxygen atoms in total. The van der Waals surface area contributed by atoms with Crippen molar-refractivity contribution in [1.82, 2.24) is 5.32 Å². The van der Waals surface area contributed by atoms with Gasteiger partial charge in [0.15, 0.2) is 0 Å². The van der Waals surface area contributed by atoms with E-state index in [2.05, 4.69) is 11.4 Å². The molecule has 0 aliphatic heterocycles. The predicted molar refractivity (Wildman–Crippen MR) is 87.8 cm³/mol. The van der Waals surface area contributed by atoms with Crippen molar-refractivity contribution in [3.63, 3.8) is 0 Å². The van der Waals surface area contributed by atoms with Gasteiger partial charge >= 0.3 is 0 Å². The van der Waals surface area contributed by atoms with Crippen LogP contribution in [-0.2, 0) is 0 Å². The van der Waals surface area contributed by atoms with Gasteiger partial charge in [0.2, 0.25) is 5.92 Å². The quantitative estimate of drug-likeness (QED) is 0.801. The highest BCUT2D eigenvalue weighted by atomic mass is 19.3. The minimum atomic E-state index is -2.41. The summed E-state index contributed by atoms with van der Waals surface area (Å²) in [6.07, 6.45) is 5.54. The molecule has 0 aromatic carbocycles. The maximum atomic E-state index is 12.6. The van der Waals surface area contributed by atoms with E-state index in [9.17, 15) is 8.78 Å². The normalized spacial score (nSPS) is 23.5. The zero-order valence-corrected chi connectivity index (χ0v) is 14.5. The van der Waals surface area contributed by atoms with Crippen molar-refractivity contribution >= 4 is 0 Å². The number of halogens is 2. The van der Waals surface area contributed by atoms with E-state index in [4.69, 9.17) is 11.0 Å². The largest absolute Gasteiger partial charge is 0.328 e. The first-order valence-electron chi connectivity index (χ1n) is 8.45. The van der Waals surface area contributed by atoms with Gasteiger partial charge in [-0.15, -0.1) is 0 Å². The summed E-state index contributed by atoms with van der Waals surface area (Å²) in [4.78, 5) is 0. The molecular formula is C17H33F2N3. The van der Waals surface area contributed by atoms with E-state index in [1.165, 1.54) is 12.8 Å². The molecule has 5 heteroatoms. The molecule has 130 valence electrons. The first-order chi connectivity index (χ1) is 10.2. The summed E-state index contributed by atoms with van der Waals surface area (Å²) in [5.74, 6) is -2.01. The van der Waals surface area contributed by atoms with Crippen molar-refractivity contribution in [1.29, 1.82) is 5.26 Å². The molecule has 22 heavy (non-hydrogen) atoms. The van der Waals surface area contributed by atoms with Gasteiger partial charge in [-0.3, -0.25) is 0 Å². The van der Waals surface area contributed by atoms with Crippen LogP contribution in [0.1, 0.15) is 72.6 Å². The second-order valence-corrected chi connectivity index (χ2v) is 6.97. The van der Waals surface area contributed by atoms with Gasteiger partial charge in [-0.2, -0.15) is 5.26 Å². The highest BCUT2D eigenvalue weighted by Gasteiger charge is 2.39. The zero-order chi connectivity index (χ0) is 17.2. The summed E-state index contributed by atoms with van der Waals surface area (Å²) in [5.41, 5.74) is 5.11. The molecule has 1 unspecified atom stereocenters. The number of nitrogens with zero attached hydrogens (tertiary/aromatic N) is 1. The monoisotopic (exact) mass is 317 g/mol. The van der Waals surface area contributed by atoms with E-state index in [-0.39, 0.29) is 18.9 Å². The van der Waals surface area contributed by atoms with Crippen molar-refractivity contribution in [3.05, 3.63) is 0 Å². The van der Waals surface area contributed by atoms with Crippen LogP contribution in [0.3, 0.4) is 0 Å². The Labute approximate surface area is 134 Å². The maximum absolute atomic E-state index is 12.6. The Bertz CT molecular complexity index is 316. The fourth-order valence-electron chi connectivity index (χ4n) is 2.62. The standard InChI is InChI=1S/C8H15F2N.C6H9N.C3H9N/c1-6(2)11-7-3-4-8(9,10)5-7;7-5-6-3-1-2-4-6;1-3(2)4/h6-7,11H,3-5H2,1-2H3;6H,1-4H2;3H,4H2,1-2H3. The number of nitriles is 1. The van der Waals surface area contributed by atoms with Crippen molar-refractivity contribution in [2.75, 3.05) is 0 Å². The van der Waals surface area contributed by atoms with Crippen LogP contribution in [0.5, 0.6) is 0 Å². The van der Waals surface area contributed by atoms with Crippen LogP contribution < -0.4 is 11.1 Å². The molecular weight excluding hydrogens is 284 g/mol. The Kier molecular flexibility index (Phi) is 10.5. The first kappa shape index (κ1) is 21.3. The maximum Gasteiger partial charge on any atom is 0.249 e. The van der Waals surface area contributed by atoms with Crippen LogP contribution in [0.15, 0.2) is 0 Å². The molecule has 2 fully saturated rings. The Balaban J connectivity index is 0.000000343. The van der Waals surface area contributed by atoms with Gasteiger partial charge in [-0.1, -0.05) is 40.5 Å². The molecule has 0 radical (unpaired) electrons. The zero-order valence-electron chi connectivity index (χ0n) is 14.5. The predicted octanol–water partition coefficient (Wildman–Crippen LogP) is 4.23. The average molecular weight is 317 g/mol. The number of nitrogens with two attached hydrogens (primary N) is 1. The summed E-state index contributed by atoms with van der Waals surface area (Å²) in [5, 5.41) is 11.4. The van der Waals surface area contributed by atoms with Gasteiger partial charge in [-0.25, -0.2) is 8.78 Å². The summed E-state index contributed by atoms with van der Waals surface area (Å²) in [6, 6.07) is 2.94. The molecule has 2 aliphatic carbocycles. The van der Waals surface area contributed by atoms with Crippen molar-refractivity contribution in [2.45, 2.75) is 96.7 Å². The molecule has 2 rings (SSSR count). The minimum Gasteiger partial charge on any atom is -0.328 e. The Hall–Kier alpha value is -0.730. The summed E-state index contributed by atoms with van der Waals surface area (Å²) >= 11 is 0. The third kappa shape index (κ3) is 11.9. The first-order valence-corrected chi connectivity index (χ1v) is 8.45. The van der Waals surface area contributed by atoms with Gasteiger partial charge in [0.25, 0.3) is 0 Å². The molecule has 3 N–H and O–H groups in total. The van der Waals surface area contributed by atoms with Gasteiger partial charge < -0.3 is 11.1 Å². The lowest BCUT2D eigenvalue weighted by molar-refractivity contribution is 0.00672. The highest BCUT2D eigenvalue weighted by molar-refractivity contribution is 4.86. The molecule has 0 spiro atoms. The SMILES string of the molecule is CC(C)N.CC(C)NC1CCC(F)(F)C1.N#CC1CCCC1. The Morgan fingerprint density at radius 3 is 1.91 bits per heavy atom. The molecule has 2 aliphatic rings. The lowest BCUT2D eigenvalue weighted by Crippen LogP contribution is -2.33. The third-order valence-corrected chi connectivity index (χ3v) is 3.51. The average Bonchev–Trinajstić information content (AvgIpc) is 2.98. The van der Waals surface area contributed by atoms with E-state index < -0.39 is 5.92 Å². The number of nitrogens with one attached hydrogen (secondary N) is 1. The van der Waals surface area contributed by atoms with Crippen LogP contribution in [0.2, 0.25) is 0 Å². The summed E-state index contributed by atoms with van der Waals surface area (Å²) < 4.78 is 25.2. The molecule has 0 bridgehead atoms. The fraction of sp³-hybridized carbons (Fsp3) is 0.941. The summed E-state index contributed by atoms with van der Waals surface area (Å²) in [6.45, 7) is 7.85. The van der Waals surface area contributed by atoms with E-state index in [1.807, 2.05) is 27.7 Å². The molecule has 0 amide bonds. The fourth-order valence-corrected chi connectivity index (χ4v) is 2.62. The Morgan fingerprint density at radius 2 is 1.64 bits per heavy atom. The van der Waals surface area contributed by atoms with Crippen LogP contribution in [0.4, 0.5) is 8.78 Å². The van der Waals surface area contributed by atoms with E-state index >= 15 is 0 Å². The van der Waals surface area contributed by atoms with Gasteiger partial charge in [-0.05, 0) is 25.3 Å². The van der Waals surface area contributed by atoms with E-state index in [1.54, 1.807) is 0 Å². The second-order valence-electron chi connectivity index (χ2n) is 6.97. The molecule has 2 saturated carbocycles. The van der Waals surface area contributed by atoms with Gasteiger partial charge in [0.05, 0.1) is 6.07 Å². The second kappa shape index (κ2) is 10.9. The highest BCUT2D eigenvalue weighted by Crippen LogP contribution is 2.34. The Morgan fingerprint density at radius 1 is 1.14 bits per heavy atom. The number of hydrogen-bond acceptors (Lipinski definition) is 3. The summed E-state index contributed by atoms with van der Waals surface area (Å²) in [7, 11) is 0.